The van der Waals surface area contributed by atoms with Gasteiger partial charge in [-0.3, -0.25) is 9.59 Å². The number of amides is 3. The molecule has 0 aromatic heterocycles. The van der Waals surface area contributed by atoms with Crippen LogP contribution in [0.15, 0.2) is 0 Å². The molecule has 0 atom stereocenters. The highest BCUT2D eigenvalue weighted by molar-refractivity contribution is 5.78. The van der Waals surface area contributed by atoms with E-state index in [1.165, 1.54) is 0 Å². The second-order valence-electron chi connectivity index (χ2n) is 4.92. The van der Waals surface area contributed by atoms with Crippen LogP contribution >= 0.6 is 0 Å². The lowest BCUT2D eigenvalue weighted by Gasteiger charge is -2.30. The van der Waals surface area contributed by atoms with Crippen LogP contribution in [-0.4, -0.2) is 67.8 Å². The van der Waals surface area contributed by atoms with Crippen molar-refractivity contribution in [2.45, 2.75) is 19.3 Å². The fourth-order valence-electron chi connectivity index (χ4n) is 2.11. The summed E-state index contributed by atoms with van der Waals surface area (Å²) in [6, 6.07) is -0.247. The zero-order valence-corrected chi connectivity index (χ0v) is 12.3. The molecule has 21 heavy (non-hydrogen) atoms. The zero-order chi connectivity index (χ0) is 15.7. The molecule has 0 bridgehead atoms. The van der Waals surface area contributed by atoms with Crippen molar-refractivity contribution in [3.05, 3.63) is 0 Å². The van der Waals surface area contributed by atoms with Crippen molar-refractivity contribution in [3.8, 4) is 0 Å². The first-order valence-electron chi connectivity index (χ1n) is 7.05. The number of carboxylic acid groups (broad SMARTS) is 1. The molecule has 1 aliphatic heterocycles. The summed E-state index contributed by atoms with van der Waals surface area (Å²) in [6.07, 6.45) is 1.15. The minimum Gasteiger partial charge on any atom is -0.481 e. The second-order valence-corrected chi connectivity index (χ2v) is 4.92. The van der Waals surface area contributed by atoms with Gasteiger partial charge in [-0.1, -0.05) is 0 Å². The highest BCUT2D eigenvalue weighted by Crippen LogP contribution is 2.16. The van der Waals surface area contributed by atoms with Crippen LogP contribution in [0.4, 0.5) is 4.79 Å². The number of hydrogen-bond donors (Lipinski definition) is 3. The van der Waals surface area contributed by atoms with E-state index in [0.29, 0.717) is 39.1 Å². The average molecular weight is 301 g/mol. The lowest BCUT2D eigenvalue weighted by atomic mass is 9.97. The van der Waals surface area contributed by atoms with Gasteiger partial charge < -0.3 is 25.4 Å². The molecule has 3 amide bonds. The third-order valence-corrected chi connectivity index (χ3v) is 3.39. The Morgan fingerprint density at radius 1 is 1.19 bits per heavy atom. The topological polar surface area (TPSA) is 108 Å². The van der Waals surface area contributed by atoms with Gasteiger partial charge in [0, 0.05) is 39.7 Å². The Labute approximate surface area is 123 Å². The molecule has 0 aromatic carbocycles. The van der Waals surface area contributed by atoms with Gasteiger partial charge in [0.1, 0.15) is 0 Å². The third kappa shape index (κ3) is 6.44. The number of methoxy groups -OCH3 is 1. The van der Waals surface area contributed by atoms with Gasteiger partial charge in [0.05, 0.1) is 12.5 Å². The number of nitrogens with zero attached hydrogens (tertiary/aromatic N) is 1. The molecule has 8 heteroatoms. The molecule has 1 aliphatic rings. The second kappa shape index (κ2) is 9.17. The van der Waals surface area contributed by atoms with Crippen molar-refractivity contribution in [3.63, 3.8) is 0 Å². The number of likely N-dealkylation sites (tertiary alicyclic amines) is 1. The molecule has 0 unspecified atom stereocenters. The molecule has 1 rings (SSSR count). The highest BCUT2D eigenvalue weighted by Gasteiger charge is 2.26. The van der Waals surface area contributed by atoms with E-state index < -0.39 is 5.97 Å². The standard InChI is InChI=1S/C13H23N3O5/c1-21-9-6-14-11(17)2-5-15-13(20)16-7-3-10(4-8-16)12(18)19/h10H,2-9H2,1H3,(H,14,17)(H,15,20)(H,18,19). The molecule has 1 heterocycles. The number of piperidine rings is 1. The van der Waals surface area contributed by atoms with Gasteiger partial charge in [-0.2, -0.15) is 0 Å². The number of carbonyl (C=O) groups excluding carboxylic acids is 2. The van der Waals surface area contributed by atoms with Gasteiger partial charge in [0.15, 0.2) is 0 Å². The molecular formula is C13H23N3O5. The Kier molecular flexibility index (Phi) is 7.52. The van der Waals surface area contributed by atoms with Crippen LogP contribution in [0.5, 0.6) is 0 Å². The van der Waals surface area contributed by atoms with Gasteiger partial charge in [0.25, 0.3) is 0 Å². The van der Waals surface area contributed by atoms with Crippen molar-refractivity contribution in [1.29, 1.82) is 0 Å². The van der Waals surface area contributed by atoms with Gasteiger partial charge in [0.2, 0.25) is 5.91 Å². The number of nitrogens with one attached hydrogen (secondary N) is 2. The van der Waals surface area contributed by atoms with Crippen LogP contribution in [-0.2, 0) is 14.3 Å². The molecule has 1 fully saturated rings. The maximum Gasteiger partial charge on any atom is 0.317 e. The molecule has 1 saturated heterocycles. The first-order valence-corrected chi connectivity index (χ1v) is 7.05. The summed E-state index contributed by atoms with van der Waals surface area (Å²) in [5.41, 5.74) is 0. The molecule has 3 N–H and O–H groups in total. The molecule has 0 saturated carbocycles. The van der Waals surface area contributed by atoms with Gasteiger partial charge >= 0.3 is 12.0 Å². The van der Waals surface area contributed by atoms with Crippen molar-refractivity contribution in [1.82, 2.24) is 15.5 Å². The molecular weight excluding hydrogens is 278 g/mol. The van der Waals surface area contributed by atoms with E-state index >= 15 is 0 Å². The number of hydrogen-bond acceptors (Lipinski definition) is 4. The summed E-state index contributed by atoms with van der Waals surface area (Å²) in [5, 5.41) is 14.2. The summed E-state index contributed by atoms with van der Waals surface area (Å²) in [6.45, 7) is 2.03. The first kappa shape index (κ1) is 17.2. The number of urea groups is 1. The quantitative estimate of drug-likeness (QED) is 0.557. The van der Waals surface area contributed by atoms with Crippen molar-refractivity contribution < 1.29 is 24.2 Å². The minimum absolute atomic E-state index is 0.142. The minimum atomic E-state index is -0.803. The Hall–Kier alpha value is -1.83. The van der Waals surface area contributed by atoms with Gasteiger partial charge in [-0.15, -0.1) is 0 Å². The Balaban J connectivity index is 2.14. The lowest BCUT2D eigenvalue weighted by molar-refractivity contribution is -0.143. The average Bonchev–Trinajstić information content (AvgIpc) is 2.47. The summed E-state index contributed by atoms with van der Waals surface area (Å²) in [5.74, 6) is -1.31. The largest absolute Gasteiger partial charge is 0.481 e. The van der Waals surface area contributed by atoms with E-state index in [4.69, 9.17) is 9.84 Å². The molecule has 120 valence electrons. The van der Waals surface area contributed by atoms with Crippen molar-refractivity contribution in [2.24, 2.45) is 5.92 Å². The summed E-state index contributed by atoms with van der Waals surface area (Å²) >= 11 is 0. The van der Waals surface area contributed by atoms with Crippen LogP contribution in [0, 0.1) is 5.92 Å². The molecule has 0 radical (unpaired) electrons. The van der Waals surface area contributed by atoms with Crippen LogP contribution in [0.25, 0.3) is 0 Å². The smallest absolute Gasteiger partial charge is 0.317 e. The van der Waals surface area contributed by atoms with Crippen LogP contribution in [0.3, 0.4) is 0 Å². The Morgan fingerprint density at radius 3 is 2.43 bits per heavy atom. The van der Waals surface area contributed by atoms with Crippen LogP contribution in [0.2, 0.25) is 0 Å². The van der Waals surface area contributed by atoms with Crippen molar-refractivity contribution in [2.75, 3.05) is 39.9 Å². The van der Waals surface area contributed by atoms with Gasteiger partial charge in [-0.25, -0.2) is 4.79 Å². The SMILES string of the molecule is COCCNC(=O)CCNC(=O)N1CCC(C(=O)O)CC1. The number of carboxylic acids is 1. The van der Waals surface area contributed by atoms with E-state index in [9.17, 15) is 14.4 Å². The number of rotatable bonds is 7. The third-order valence-electron chi connectivity index (χ3n) is 3.39. The molecule has 0 aliphatic carbocycles. The lowest BCUT2D eigenvalue weighted by Crippen LogP contribution is -2.46. The van der Waals surface area contributed by atoms with E-state index in [2.05, 4.69) is 10.6 Å². The number of ether oxygens (including phenoxy) is 1. The molecule has 0 aromatic rings. The summed E-state index contributed by atoms with van der Waals surface area (Å²) in [4.78, 5) is 35.6. The van der Waals surface area contributed by atoms with E-state index in [-0.39, 0.29) is 30.8 Å². The maximum atomic E-state index is 11.8. The number of carbonyl (C=O) groups is 3. The monoisotopic (exact) mass is 301 g/mol. The predicted octanol–water partition coefficient (Wildman–Crippen LogP) is -0.355. The normalized spacial score (nSPS) is 15.6. The maximum absolute atomic E-state index is 11.8. The Morgan fingerprint density at radius 2 is 1.86 bits per heavy atom. The van der Waals surface area contributed by atoms with Crippen molar-refractivity contribution >= 4 is 17.9 Å². The fourth-order valence-corrected chi connectivity index (χ4v) is 2.11. The zero-order valence-electron chi connectivity index (χ0n) is 12.3. The predicted molar refractivity (Wildman–Crippen MR) is 74.8 cm³/mol. The molecule has 8 nitrogen and oxygen atoms in total. The van der Waals surface area contributed by atoms with Gasteiger partial charge in [-0.05, 0) is 12.8 Å². The van der Waals surface area contributed by atoms with E-state index in [1.54, 1.807) is 12.0 Å². The Bertz CT molecular complexity index is 367. The molecule has 0 spiro atoms. The fraction of sp³-hybridized carbons (Fsp3) is 0.769. The van der Waals surface area contributed by atoms with Crippen LogP contribution in [0.1, 0.15) is 19.3 Å². The number of aliphatic carboxylic acids is 1. The first-order chi connectivity index (χ1) is 10.0. The van der Waals surface area contributed by atoms with Crippen LogP contribution < -0.4 is 10.6 Å². The summed E-state index contributed by atoms with van der Waals surface area (Å²) in [7, 11) is 1.56. The van der Waals surface area contributed by atoms with E-state index in [0.717, 1.165) is 0 Å². The summed E-state index contributed by atoms with van der Waals surface area (Å²) < 4.78 is 4.81. The highest BCUT2D eigenvalue weighted by atomic mass is 16.5. The van der Waals surface area contributed by atoms with E-state index in [1.807, 2.05) is 0 Å².